The number of benzene rings is 1. The van der Waals surface area contributed by atoms with Gasteiger partial charge in [-0.15, -0.1) is 0 Å². The number of rotatable bonds is 7. The van der Waals surface area contributed by atoms with Crippen molar-refractivity contribution >= 4 is 39.3 Å². The SMILES string of the molecule is Cc1cc(C)nc(NS(=O)(=O)c2ccc(NC(=O)C(C)Sc3nc4c(cc3C#N)CCCCCC4)cc2)n1. The molecule has 0 saturated heterocycles. The number of thioether (sulfide) groups is 1. The maximum Gasteiger partial charge on any atom is 0.264 e. The van der Waals surface area contributed by atoms with E-state index in [1.54, 1.807) is 26.8 Å². The van der Waals surface area contributed by atoms with E-state index < -0.39 is 15.3 Å². The summed E-state index contributed by atoms with van der Waals surface area (Å²) >= 11 is 1.25. The Morgan fingerprint density at radius 1 is 1.00 bits per heavy atom. The van der Waals surface area contributed by atoms with Gasteiger partial charge < -0.3 is 5.32 Å². The van der Waals surface area contributed by atoms with E-state index >= 15 is 0 Å². The van der Waals surface area contributed by atoms with Crippen molar-refractivity contribution in [2.75, 3.05) is 10.0 Å². The first kappa shape index (κ1) is 27.5. The van der Waals surface area contributed by atoms with Crippen LogP contribution in [0.1, 0.15) is 60.8 Å². The van der Waals surface area contributed by atoms with Gasteiger partial charge in [0.05, 0.1) is 15.7 Å². The predicted molar refractivity (Wildman–Crippen MR) is 148 cm³/mol. The molecule has 1 amide bonds. The largest absolute Gasteiger partial charge is 0.325 e. The zero-order chi connectivity index (χ0) is 27.3. The van der Waals surface area contributed by atoms with Crippen molar-refractivity contribution in [3.63, 3.8) is 0 Å². The zero-order valence-electron chi connectivity index (χ0n) is 21.6. The molecule has 1 aliphatic carbocycles. The van der Waals surface area contributed by atoms with Crippen LogP contribution in [0.15, 0.2) is 46.3 Å². The van der Waals surface area contributed by atoms with Crippen LogP contribution in [0.4, 0.5) is 11.6 Å². The monoisotopic (exact) mass is 550 g/mol. The second-order valence-electron chi connectivity index (χ2n) is 9.33. The summed E-state index contributed by atoms with van der Waals surface area (Å²) in [5, 5.41) is 12.5. The molecule has 38 heavy (non-hydrogen) atoms. The van der Waals surface area contributed by atoms with Gasteiger partial charge in [-0.05, 0) is 88.4 Å². The Balaban J connectivity index is 1.42. The topological polar surface area (TPSA) is 138 Å². The third-order valence-electron chi connectivity index (χ3n) is 6.18. The number of hydrogen-bond donors (Lipinski definition) is 2. The van der Waals surface area contributed by atoms with E-state index in [9.17, 15) is 18.5 Å². The van der Waals surface area contributed by atoms with Crippen LogP contribution in [0.25, 0.3) is 0 Å². The minimum atomic E-state index is -3.90. The maximum absolute atomic E-state index is 12.9. The van der Waals surface area contributed by atoms with Crippen molar-refractivity contribution < 1.29 is 13.2 Å². The first-order chi connectivity index (χ1) is 18.1. The summed E-state index contributed by atoms with van der Waals surface area (Å²) in [6.45, 7) is 5.27. The third-order valence-corrected chi connectivity index (χ3v) is 8.63. The van der Waals surface area contributed by atoms with Crippen LogP contribution in [0, 0.1) is 25.2 Å². The number of nitrogens with one attached hydrogen (secondary N) is 2. The summed E-state index contributed by atoms with van der Waals surface area (Å²) in [5.74, 6) is -0.269. The molecule has 2 aromatic heterocycles. The van der Waals surface area contributed by atoms with E-state index in [4.69, 9.17) is 4.98 Å². The van der Waals surface area contributed by atoms with E-state index in [0.717, 1.165) is 36.9 Å². The van der Waals surface area contributed by atoms with E-state index in [-0.39, 0.29) is 16.8 Å². The van der Waals surface area contributed by atoms with E-state index in [2.05, 4.69) is 26.1 Å². The molecular weight excluding hydrogens is 520 g/mol. The van der Waals surface area contributed by atoms with Gasteiger partial charge in [-0.25, -0.2) is 28.1 Å². The van der Waals surface area contributed by atoms with Gasteiger partial charge >= 0.3 is 0 Å². The highest BCUT2D eigenvalue weighted by Crippen LogP contribution is 2.30. The van der Waals surface area contributed by atoms with E-state index in [1.807, 2.05) is 6.07 Å². The highest BCUT2D eigenvalue weighted by molar-refractivity contribution is 8.00. The minimum Gasteiger partial charge on any atom is -0.325 e. The summed E-state index contributed by atoms with van der Waals surface area (Å²) in [7, 11) is -3.90. The molecule has 4 rings (SSSR count). The highest BCUT2D eigenvalue weighted by atomic mass is 32.2. The van der Waals surface area contributed by atoms with Crippen LogP contribution in [0.5, 0.6) is 0 Å². The Kier molecular flexibility index (Phi) is 8.64. The molecule has 1 unspecified atom stereocenters. The van der Waals surface area contributed by atoms with Gasteiger partial charge in [0.15, 0.2) is 0 Å². The van der Waals surface area contributed by atoms with Crippen LogP contribution in [-0.2, 0) is 27.7 Å². The Morgan fingerprint density at radius 2 is 1.66 bits per heavy atom. The van der Waals surface area contributed by atoms with Crippen molar-refractivity contribution in [1.82, 2.24) is 15.0 Å². The maximum atomic E-state index is 12.9. The Labute approximate surface area is 227 Å². The first-order valence-corrected chi connectivity index (χ1v) is 14.9. The quantitative estimate of drug-likeness (QED) is 0.395. The van der Waals surface area contributed by atoms with Crippen molar-refractivity contribution in [3.8, 4) is 6.07 Å². The minimum absolute atomic E-state index is 0.00410. The number of aryl methyl sites for hydroxylation is 4. The molecule has 0 aliphatic heterocycles. The zero-order valence-corrected chi connectivity index (χ0v) is 23.2. The van der Waals surface area contributed by atoms with Crippen molar-refractivity contribution in [3.05, 3.63) is 64.6 Å². The third kappa shape index (κ3) is 6.88. The fourth-order valence-electron chi connectivity index (χ4n) is 4.27. The van der Waals surface area contributed by atoms with Gasteiger partial charge in [0, 0.05) is 22.8 Å². The molecule has 0 bridgehead atoms. The standard InChI is InChI=1S/C27H30N6O3S2/c1-17-14-18(2)30-27(29-17)33-38(35,36)23-12-10-22(11-13-23)31-25(34)19(3)37-26-21(16-28)15-20-8-6-4-5-7-9-24(20)32-26/h10-15,19H,4-9H2,1-3H3,(H,31,34)(H,29,30,33). The number of pyridine rings is 1. The molecule has 2 N–H and O–H groups in total. The average molecular weight is 551 g/mol. The molecule has 0 saturated carbocycles. The number of aromatic nitrogens is 3. The van der Waals surface area contributed by atoms with Gasteiger partial charge in [0.25, 0.3) is 10.0 Å². The summed E-state index contributed by atoms with van der Waals surface area (Å²) < 4.78 is 27.9. The van der Waals surface area contributed by atoms with Crippen molar-refractivity contribution in [2.45, 2.75) is 74.5 Å². The molecule has 3 aromatic rings. The Bertz CT molecular complexity index is 1460. The number of amides is 1. The van der Waals surface area contributed by atoms with Crippen LogP contribution in [-0.4, -0.2) is 34.5 Å². The summed E-state index contributed by atoms with van der Waals surface area (Å²) in [5.41, 5.74) is 4.41. The highest BCUT2D eigenvalue weighted by Gasteiger charge is 2.21. The number of fused-ring (bicyclic) bond motifs is 1. The number of nitrogens with zero attached hydrogens (tertiary/aromatic N) is 4. The molecule has 2 heterocycles. The molecule has 0 radical (unpaired) electrons. The van der Waals surface area contributed by atoms with Gasteiger partial charge in [-0.3, -0.25) is 4.79 Å². The summed E-state index contributed by atoms with van der Waals surface area (Å²) in [6, 6.07) is 11.8. The number of sulfonamides is 1. The molecule has 9 nitrogen and oxygen atoms in total. The predicted octanol–water partition coefficient (Wildman–Crippen LogP) is 4.94. The number of anilines is 2. The van der Waals surface area contributed by atoms with Crippen LogP contribution >= 0.6 is 11.8 Å². The lowest BCUT2D eigenvalue weighted by Gasteiger charge is -2.17. The van der Waals surface area contributed by atoms with Crippen LogP contribution in [0.3, 0.4) is 0 Å². The fraction of sp³-hybridized carbons (Fsp3) is 0.370. The van der Waals surface area contributed by atoms with Gasteiger partial charge in [0.1, 0.15) is 11.1 Å². The van der Waals surface area contributed by atoms with Crippen LogP contribution in [0.2, 0.25) is 0 Å². The van der Waals surface area contributed by atoms with Gasteiger partial charge in [0.2, 0.25) is 11.9 Å². The molecule has 1 aliphatic rings. The number of carbonyl (C=O) groups excluding carboxylic acids is 1. The fourth-order valence-corrected chi connectivity index (χ4v) is 6.11. The Morgan fingerprint density at radius 3 is 2.32 bits per heavy atom. The molecule has 1 atom stereocenters. The van der Waals surface area contributed by atoms with Gasteiger partial charge in [-0.2, -0.15) is 5.26 Å². The lowest BCUT2D eigenvalue weighted by Crippen LogP contribution is -2.23. The molecule has 11 heteroatoms. The van der Waals surface area contributed by atoms with Crippen LogP contribution < -0.4 is 10.0 Å². The van der Waals surface area contributed by atoms with E-state index in [0.29, 0.717) is 27.7 Å². The molecule has 198 valence electrons. The molecule has 0 fully saturated rings. The van der Waals surface area contributed by atoms with Gasteiger partial charge in [-0.1, -0.05) is 24.6 Å². The summed E-state index contributed by atoms with van der Waals surface area (Å²) in [4.78, 5) is 25.9. The van der Waals surface area contributed by atoms with Crippen molar-refractivity contribution in [1.29, 1.82) is 5.26 Å². The summed E-state index contributed by atoms with van der Waals surface area (Å²) in [6.07, 6.45) is 6.36. The smallest absolute Gasteiger partial charge is 0.264 e. The lowest BCUT2D eigenvalue weighted by molar-refractivity contribution is -0.115. The molecular formula is C27H30N6O3S2. The molecule has 1 aromatic carbocycles. The van der Waals surface area contributed by atoms with Crippen molar-refractivity contribution in [2.24, 2.45) is 0 Å². The average Bonchev–Trinajstić information content (AvgIpc) is 2.84. The second-order valence-corrected chi connectivity index (χ2v) is 12.3. The normalized spacial score (nSPS) is 14.4. The number of hydrogen-bond acceptors (Lipinski definition) is 8. The number of carbonyl (C=O) groups is 1. The second kappa shape index (κ2) is 11.9. The number of nitriles is 1. The molecule has 0 spiro atoms. The first-order valence-electron chi connectivity index (χ1n) is 12.5. The van der Waals surface area contributed by atoms with E-state index in [1.165, 1.54) is 48.9 Å². The Hall–Kier alpha value is -3.49. The lowest BCUT2D eigenvalue weighted by atomic mass is 9.96.